The average Bonchev–Trinajstić information content (AvgIpc) is 2.32. The van der Waals surface area contributed by atoms with Gasteiger partial charge in [-0.05, 0) is 40.2 Å². The lowest BCUT2D eigenvalue weighted by molar-refractivity contribution is 0.102. The maximum absolute atomic E-state index is 11.8. The van der Waals surface area contributed by atoms with Crippen LogP contribution in [0.2, 0.25) is 5.15 Å². The van der Waals surface area contributed by atoms with Gasteiger partial charge in [-0.2, -0.15) is 0 Å². The first-order valence-electron chi connectivity index (χ1n) is 4.58. The van der Waals surface area contributed by atoms with Gasteiger partial charge < -0.3 is 5.32 Å². The van der Waals surface area contributed by atoms with Gasteiger partial charge in [0.25, 0.3) is 5.91 Å². The maximum atomic E-state index is 11.8. The molecule has 86 valence electrons. The van der Waals surface area contributed by atoms with Gasteiger partial charge >= 0.3 is 0 Å². The van der Waals surface area contributed by atoms with E-state index in [1.807, 2.05) is 0 Å². The summed E-state index contributed by atoms with van der Waals surface area (Å²) in [6.07, 6.45) is 0. The number of amides is 1. The zero-order valence-corrected chi connectivity index (χ0v) is 10.7. The predicted octanol–water partition coefficient (Wildman–Crippen LogP) is 2.54. The van der Waals surface area contributed by atoms with E-state index in [0.29, 0.717) is 10.4 Å². The molecule has 0 saturated heterocycles. The third kappa shape index (κ3) is 3.21. The number of rotatable bonds is 2. The Balaban J connectivity index is 2.14. The molecule has 0 aromatic carbocycles. The van der Waals surface area contributed by atoms with Crippen molar-refractivity contribution in [1.29, 1.82) is 0 Å². The zero-order valence-electron chi connectivity index (χ0n) is 8.39. The molecule has 0 unspecified atom stereocenters. The van der Waals surface area contributed by atoms with Crippen LogP contribution < -0.4 is 5.32 Å². The predicted molar refractivity (Wildman–Crippen MR) is 66.9 cm³/mol. The van der Waals surface area contributed by atoms with E-state index in [1.165, 1.54) is 0 Å². The first-order valence-corrected chi connectivity index (χ1v) is 5.75. The lowest BCUT2D eigenvalue weighted by Gasteiger charge is -2.02. The Morgan fingerprint density at radius 1 is 1.24 bits per heavy atom. The smallest absolute Gasteiger partial charge is 0.275 e. The highest BCUT2D eigenvalue weighted by atomic mass is 79.9. The van der Waals surface area contributed by atoms with Gasteiger partial charge in [-0.15, -0.1) is 10.2 Å². The van der Waals surface area contributed by atoms with Crippen LogP contribution in [0.25, 0.3) is 0 Å². The molecule has 2 heterocycles. The first kappa shape index (κ1) is 11.9. The van der Waals surface area contributed by atoms with E-state index in [4.69, 9.17) is 11.6 Å². The molecule has 1 amide bonds. The normalized spacial score (nSPS) is 10.0. The van der Waals surface area contributed by atoms with Gasteiger partial charge in [-0.1, -0.05) is 17.7 Å². The van der Waals surface area contributed by atoms with Crippen LogP contribution in [0.3, 0.4) is 0 Å². The summed E-state index contributed by atoms with van der Waals surface area (Å²) in [6, 6.07) is 8.16. The van der Waals surface area contributed by atoms with Crippen LogP contribution >= 0.6 is 27.5 Å². The number of nitrogens with one attached hydrogen (secondary N) is 1. The van der Waals surface area contributed by atoms with Gasteiger partial charge in [0.2, 0.25) is 0 Å². The number of carbonyl (C=O) groups excluding carboxylic acids is 1. The molecule has 1 N–H and O–H groups in total. The molecular formula is C10H6BrClN4O. The SMILES string of the molecule is O=C(Nc1ccc(Cl)nn1)c1cccc(Br)n1. The molecule has 0 fully saturated rings. The van der Waals surface area contributed by atoms with E-state index in [9.17, 15) is 4.79 Å². The van der Waals surface area contributed by atoms with E-state index in [-0.39, 0.29) is 16.8 Å². The van der Waals surface area contributed by atoms with Crippen molar-refractivity contribution in [3.8, 4) is 0 Å². The minimum Gasteiger partial charge on any atom is -0.304 e. The molecule has 0 spiro atoms. The Morgan fingerprint density at radius 2 is 2.06 bits per heavy atom. The number of pyridine rings is 1. The van der Waals surface area contributed by atoms with Crippen LogP contribution in [0.15, 0.2) is 34.9 Å². The third-order valence-electron chi connectivity index (χ3n) is 1.82. The highest BCUT2D eigenvalue weighted by Gasteiger charge is 2.08. The van der Waals surface area contributed by atoms with Crippen LogP contribution in [-0.4, -0.2) is 21.1 Å². The van der Waals surface area contributed by atoms with E-state index in [0.717, 1.165) is 0 Å². The summed E-state index contributed by atoms with van der Waals surface area (Å²) in [5.41, 5.74) is 0.288. The zero-order chi connectivity index (χ0) is 12.3. The number of hydrogen-bond acceptors (Lipinski definition) is 4. The second kappa shape index (κ2) is 5.20. The number of nitrogens with zero attached hydrogens (tertiary/aromatic N) is 3. The van der Waals surface area contributed by atoms with E-state index in [1.54, 1.807) is 30.3 Å². The third-order valence-corrected chi connectivity index (χ3v) is 2.46. The molecule has 0 saturated carbocycles. The average molecular weight is 314 g/mol. The summed E-state index contributed by atoms with van der Waals surface area (Å²) in [7, 11) is 0. The highest BCUT2D eigenvalue weighted by Crippen LogP contribution is 2.09. The molecule has 5 nitrogen and oxygen atoms in total. The molecule has 0 bridgehead atoms. The monoisotopic (exact) mass is 312 g/mol. The second-order valence-electron chi connectivity index (χ2n) is 3.04. The lowest BCUT2D eigenvalue weighted by Crippen LogP contribution is -2.14. The summed E-state index contributed by atoms with van der Waals surface area (Å²) in [6.45, 7) is 0. The van der Waals surface area contributed by atoms with E-state index in [2.05, 4.69) is 36.4 Å². The van der Waals surface area contributed by atoms with Crippen molar-refractivity contribution in [3.63, 3.8) is 0 Å². The van der Waals surface area contributed by atoms with Gasteiger partial charge in [0.1, 0.15) is 10.3 Å². The summed E-state index contributed by atoms with van der Waals surface area (Å²) < 4.78 is 0.590. The van der Waals surface area contributed by atoms with Gasteiger partial charge in [-0.25, -0.2) is 4.98 Å². The molecule has 2 rings (SSSR count). The molecule has 7 heteroatoms. The summed E-state index contributed by atoms with van der Waals surface area (Å²) in [4.78, 5) is 15.8. The van der Waals surface area contributed by atoms with Crippen molar-refractivity contribution in [2.45, 2.75) is 0 Å². The lowest BCUT2D eigenvalue weighted by atomic mass is 10.3. The Hall–Kier alpha value is -1.53. The van der Waals surface area contributed by atoms with Crippen LogP contribution in [0.4, 0.5) is 5.82 Å². The number of halogens is 2. The molecule has 17 heavy (non-hydrogen) atoms. The standard InChI is InChI=1S/C10H6BrClN4O/c11-7-3-1-2-6(13-7)10(17)14-9-5-4-8(12)15-16-9/h1-5H,(H,14,16,17). The maximum Gasteiger partial charge on any atom is 0.275 e. The van der Waals surface area contributed by atoms with Crippen molar-refractivity contribution in [2.24, 2.45) is 0 Å². The van der Waals surface area contributed by atoms with Crippen molar-refractivity contribution < 1.29 is 4.79 Å². The van der Waals surface area contributed by atoms with Gasteiger partial charge in [-0.3, -0.25) is 4.79 Å². The fourth-order valence-corrected chi connectivity index (χ4v) is 1.54. The molecule has 2 aromatic heterocycles. The van der Waals surface area contributed by atoms with Crippen molar-refractivity contribution in [3.05, 3.63) is 45.8 Å². The van der Waals surface area contributed by atoms with E-state index < -0.39 is 0 Å². The molecule has 0 aliphatic heterocycles. The van der Waals surface area contributed by atoms with Crippen molar-refractivity contribution in [2.75, 3.05) is 5.32 Å². The Labute approximate surface area is 110 Å². The van der Waals surface area contributed by atoms with Gasteiger partial charge in [0.05, 0.1) is 0 Å². The Morgan fingerprint density at radius 3 is 2.71 bits per heavy atom. The Bertz CT molecular complexity index is 546. The number of anilines is 1. The minimum atomic E-state index is -0.358. The topological polar surface area (TPSA) is 67.8 Å². The van der Waals surface area contributed by atoms with Gasteiger partial charge in [0.15, 0.2) is 11.0 Å². The number of hydrogen-bond donors (Lipinski definition) is 1. The second-order valence-corrected chi connectivity index (χ2v) is 4.24. The summed E-state index contributed by atoms with van der Waals surface area (Å²) in [5.74, 6) is -0.0379. The Kier molecular flexibility index (Phi) is 3.65. The summed E-state index contributed by atoms with van der Waals surface area (Å²) >= 11 is 8.77. The van der Waals surface area contributed by atoms with Crippen LogP contribution in [-0.2, 0) is 0 Å². The molecule has 2 aromatic rings. The van der Waals surface area contributed by atoms with Gasteiger partial charge in [0, 0.05) is 0 Å². The fourth-order valence-electron chi connectivity index (χ4n) is 1.10. The molecule has 0 atom stereocenters. The molecule has 0 aliphatic carbocycles. The van der Waals surface area contributed by atoms with Crippen molar-refractivity contribution >= 4 is 39.3 Å². The number of carbonyl (C=O) groups is 1. The van der Waals surface area contributed by atoms with Crippen LogP contribution in [0.1, 0.15) is 10.5 Å². The quantitative estimate of drug-likeness (QED) is 0.865. The number of aromatic nitrogens is 3. The molecular weight excluding hydrogens is 307 g/mol. The fraction of sp³-hybridized carbons (Fsp3) is 0. The highest BCUT2D eigenvalue weighted by molar-refractivity contribution is 9.10. The van der Waals surface area contributed by atoms with Crippen molar-refractivity contribution in [1.82, 2.24) is 15.2 Å². The minimum absolute atomic E-state index is 0.267. The van der Waals surface area contributed by atoms with Crippen LogP contribution in [0, 0.1) is 0 Å². The van der Waals surface area contributed by atoms with Crippen LogP contribution in [0.5, 0.6) is 0 Å². The van der Waals surface area contributed by atoms with E-state index >= 15 is 0 Å². The molecule has 0 radical (unpaired) electrons. The largest absolute Gasteiger partial charge is 0.304 e. The first-order chi connectivity index (χ1) is 8.15. The molecule has 0 aliphatic rings. The summed E-state index contributed by atoms with van der Waals surface area (Å²) in [5, 5.41) is 10.2.